The van der Waals surface area contributed by atoms with Crippen molar-refractivity contribution in [3.63, 3.8) is 0 Å². The van der Waals surface area contributed by atoms with Gasteiger partial charge >= 0.3 is 12.4 Å². The van der Waals surface area contributed by atoms with Gasteiger partial charge in [-0.3, -0.25) is 0 Å². The van der Waals surface area contributed by atoms with Crippen LogP contribution in [0.3, 0.4) is 0 Å². The summed E-state index contributed by atoms with van der Waals surface area (Å²) in [5.74, 6) is -3.54. The van der Waals surface area contributed by atoms with E-state index < -0.39 is 30.7 Å². The maximum absolute atomic E-state index is 12.4. The zero-order valence-electron chi connectivity index (χ0n) is 8.65. The van der Waals surface area contributed by atoms with Crippen LogP contribution >= 0.6 is 22.9 Å². The summed E-state index contributed by atoms with van der Waals surface area (Å²) < 4.78 is 74.4. The SMILES string of the molecule is NC(Cc1ccc(Cl)s1)C(C(F)(F)F)C(F)(F)F. The average molecular weight is 312 g/mol. The smallest absolute Gasteiger partial charge is 0.326 e. The lowest BCUT2D eigenvalue weighted by Gasteiger charge is -2.27. The van der Waals surface area contributed by atoms with Crippen LogP contribution in [0.15, 0.2) is 12.1 Å². The normalized spacial score (nSPS) is 15.2. The molecule has 1 aromatic heterocycles. The van der Waals surface area contributed by atoms with Crippen molar-refractivity contribution >= 4 is 22.9 Å². The molecule has 0 aliphatic carbocycles. The molecule has 0 aromatic carbocycles. The maximum Gasteiger partial charge on any atom is 0.402 e. The van der Waals surface area contributed by atoms with Crippen LogP contribution in [0.2, 0.25) is 4.34 Å². The highest BCUT2D eigenvalue weighted by atomic mass is 35.5. The lowest BCUT2D eigenvalue weighted by atomic mass is 9.96. The molecule has 0 radical (unpaired) electrons. The average Bonchev–Trinajstić information content (AvgIpc) is 2.44. The quantitative estimate of drug-likeness (QED) is 0.839. The van der Waals surface area contributed by atoms with Gasteiger partial charge in [0, 0.05) is 10.9 Å². The van der Waals surface area contributed by atoms with Gasteiger partial charge in [0.25, 0.3) is 0 Å². The highest BCUT2D eigenvalue weighted by Crippen LogP contribution is 2.41. The Kier molecular flexibility index (Phi) is 4.56. The van der Waals surface area contributed by atoms with Gasteiger partial charge < -0.3 is 5.73 Å². The summed E-state index contributed by atoms with van der Waals surface area (Å²) in [5, 5.41) is 0. The van der Waals surface area contributed by atoms with Crippen LogP contribution in [0.25, 0.3) is 0 Å². The predicted molar refractivity (Wildman–Crippen MR) is 56.6 cm³/mol. The molecule has 18 heavy (non-hydrogen) atoms. The Hall–Kier alpha value is -0.470. The third-order valence-electron chi connectivity index (χ3n) is 2.20. The molecule has 0 amide bonds. The van der Waals surface area contributed by atoms with Crippen LogP contribution in [-0.4, -0.2) is 18.4 Å². The van der Waals surface area contributed by atoms with Gasteiger partial charge in [-0.05, 0) is 18.6 Å². The van der Waals surface area contributed by atoms with Gasteiger partial charge in [-0.15, -0.1) is 11.3 Å². The molecular formula is C9H8ClF6NS. The van der Waals surface area contributed by atoms with E-state index >= 15 is 0 Å². The second-order valence-corrected chi connectivity index (χ2v) is 5.43. The highest BCUT2D eigenvalue weighted by Gasteiger charge is 2.59. The van der Waals surface area contributed by atoms with E-state index in [-0.39, 0.29) is 9.21 Å². The molecule has 0 aliphatic rings. The minimum absolute atomic E-state index is 0.283. The molecule has 104 valence electrons. The molecule has 1 rings (SSSR count). The summed E-state index contributed by atoms with van der Waals surface area (Å²) in [6.07, 6.45) is -11.4. The Morgan fingerprint density at radius 3 is 1.94 bits per heavy atom. The minimum Gasteiger partial charge on any atom is -0.326 e. The summed E-state index contributed by atoms with van der Waals surface area (Å²) >= 11 is 6.44. The fourth-order valence-corrected chi connectivity index (χ4v) is 2.64. The van der Waals surface area contributed by atoms with Gasteiger partial charge in [0.2, 0.25) is 0 Å². The predicted octanol–water partition coefficient (Wildman–Crippen LogP) is 4.01. The summed E-state index contributed by atoms with van der Waals surface area (Å²) in [4.78, 5) is 0.283. The third kappa shape index (κ3) is 4.03. The summed E-state index contributed by atoms with van der Waals surface area (Å²) in [7, 11) is 0. The van der Waals surface area contributed by atoms with E-state index in [0.717, 1.165) is 11.3 Å². The fraction of sp³-hybridized carbons (Fsp3) is 0.556. The Labute approximate surface area is 108 Å². The molecule has 0 bridgehead atoms. The van der Waals surface area contributed by atoms with Gasteiger partial charge in [-0.1, -0.05) is 11.6 Å². The van der Waals surface area contributed by atoms with Gasteiger partial charge in [-0.2, -0.15) is 26.3 Å². The molecule has 2 N–H and O–H groups in total. The number of hydrogen-bond donors (Lipinski definition) is 1. The summed E-state index contributed by atoms with van der Waals surface area (Å²) in [6, 6.07) is 0.668. The molecule has 1 unspecified atom stereocenters. The number of halogens is 7. The van der Waals surface area contributed by atoms with E-state index in [9.17, 15) is 26.3 Å². The van der Waals surface area contributed by atoms with Gasteiger partial charge in [0.1, 0.15) is 0 Å². The molecule has 1 aromatic rings. The zero-order valence-corrected chi connectivity index (χ0v) is 10.2. The van der Waals surface area contributed by atoms with Crippen LogP contribution in [0, 0.1) is 5.92 Å². The van der Waals surface area contributed by atoms with Crippen molar-refractivity contribution in [1.82, 2.24) is 0 Å². The first kappa shape index (κ1) is 15.6. The van der Waals surface area contributed by atoms with Gasteiger partial charge in [-0.25, -0.2) is 0 Å². The first-order chi connectivity index (χ1) is 8.01. The molecule has 0 aliphatic heterocycles. The van der Waals surface area contributed by atoms with Crippen LogP contribution in [0.1, 0.15) is 4.88 Å². The number of rotatable bonds is 3. The first-order valence-electron chi connectivity index (χ1n) is 4.65. The lowest BCUT2D eigenvalue weighted by molar-refractivity contribution is -0.289. The standard InChI is InChI=1S/C9H8ClF6NS/c10-6-2-1-4(18-6)3-5(17)7(8(11,12)13)9(14,15)16/h1-2,5,7H,3,17H2. The van der Waals surface area contributed by atoms with E-state index in [4.69, 9.17) is 17.3 Å². The molecular weight excluding hydrogens is 304 g/mol. The van der Waals surface area contributed by atoms with Crippen molar-refractivity contribution in [3.05, 3.63) is 21.3 Å². The molecule has 0 saturated carbocycles. The molecule has 0 fully saturated rings. The fourth-order valence-electron chi connectivity index (χ4n) is 1.48. The summed E-state index contributed by atoms with van der Waals surface area (Å²) in [5.41, 5.74) is 5.06. The van der Waals surface area contributed by atoms with Crippen molar-refractivity contribution in [2.45, 2.75) is 24.8 Å². The Morgan fingerprint density at radius 2 is 1.61 bits per heavy atom. The van der Waals surface area contributed by atoms with Crippen LogP contribution in [-0.2, 0) is 6.42 Å². The lowest BCUT2D eigenvalue weighted by Crippen LogP contribution is -2.49. The van der Waals surface area contributed by atoms with Crippen molar-refractivity contribution in [3.8, 4) is 0 Å². The minimum atomic E-state index is -5.42. The van der Waals surface area contributed by atoms with Crippen molar-refractivity contribution in [1.29, 1.82) is 0 Å². The van der Waals surface area contributed by atoms with E-state index in [1.165, 1.54) is 12.1 Å². The van der Waals surface area contributed by atoms with E-state index in [2.05, 4.69) is 0 Å². The van der Waals surface area contributed by atoms with E-state index in [1.54, 1.807) is 0 Å². The Balaban J connectivity index is 2.87. The molecule has 1 nitrogen and oxygen atoms in total. The Morgan fingerprint density at radius 1 is 1.11 bits per heavy atom. The summed E-state index contributed by atoms with van der Waals surface area (Å²) in [6.45, 7) is 0. The van der Waals surface area contributed by atoms with Gasteiger partial charge in [0.05, 0.1) is 4.34 Å². The molecule has 0 saturated heterocycles. The zero-order chi connectivity index (χ0) is 14.1. The third-order valence-corrected chi connectivity index (χ3v) is 3.45. The maximum atomic E-state index is 12.4. The molecule has 0 spiro atoms. The number of nitrogens with two attached hydrogens (primary N) is 1. The second kappa shape index (κ2) is 5.26. The number of thiophene rings is 1. The Bertz CT molecular complexity index is 384. The van der Waals surface area contributed by atoms with E-state index in [1.807, 2.05) is 0 Å². The first-order valence-corrected chi connectivity index (χ1v) is 5.84. The monoisotopic (exact) mass is 311 g/mol. The van der Waals surface area contributed by atoms with Gasteiger partial charge in [0.15, 0.2) is 5.92 Å². The van der Waals surface area contributed by atoms with E-state index in [0.29, 0.717) is 0 Å². The van der Waals surface area contributed by atoms with Crippen LogP contribution in [0.4, 0.5) is 26.3 Å². The van der Waals surface area contributed by atoms with Crippen LogP contribution < -0.4 is 5.73 Å². The number of alkyl halides is 6. The van der Waals surface area contributed by atoms with Crippen molar-refractivity contribution in [2.24, 2.45) is 11.7 Å². The van der Waals surface area contributed by atoms with Crippen molar-refractivity contribution in [2.75, 3.05) is 0 Å². The highest BCUT2D eigenvalue weighted by molar-refractivity contribution is 7.16. The molecule has 9 heteroatoms. The van der Waals surface area contributed by atoms with Crippen molar-refractivity contribution < 1.29 is 26.3 Å². The second-order valence-electron chi connectivity index (χ2n) is 3.63. The topological polar surface area (TPSA) is 26.0 Å². The van der Waals surface area contributed by atoms with Crippen LogP contribution in [0.5, 0.6) is 0 Å². The number of hydrogen-bond acceptors (Lipinski definition) is 2. The molecule has 1 atom stereocenters. The largest absolute Gasteiger partial charge is 0.402 e. The molecule has 1 heterocycles.